The van der Waals surface area contributed by atoms with Crippen molar-refractivity contribution in [3.8, 4) is 5.75 Å². The summed E-state index contributed by atoms with van der Waals surface area (Å²) in [5.41, 5.74) is 1.43. The van der Waals surface area contributed by atoms with Gasteiger partial charge in [-0.15, -0.1) is 0 Å². The molecule has 1 aliphatic rings. The number of carbonyl (C=O) groups excluding carboxylic acids is 1. The van der Waals surface area contributed by atoms with Crippen LogP contribution in [0.3, 0.4) is 0 Å². The van der Waals surface area contributed by atoms with Crippen LogP contribution < -0.4 is 10.1 Å². The molecule has 1 saturated heterocycles. The van der Waals surface area contributed by atoms with Crippen LogP contribution in [0, 0.1) is 0 Å². The molecular formula is C20H24N2O5S. The van der Waals surface area contributed by atoms with E-state index in [0.717, 1.165) is 5.56 Å². The van der Waals surface area contributed by atoms with Gasteiger partial charge in [0, 0.05) is 19.6 Å². The van der Waals surface area contributed by atoms with Crippen molar-refractivity contribution in [1.29, 1.82) is 0 Å². The Morgan fingerprint density at radius 1 is 1.11 bits per heavy atom. The summed E-state index contributed by atoms with van der Waals surface area (Å²) in [6.45, 7) is 2.02. The first-order valence-electron chi connectivity index (χ1n) is 9.10. The van der Waals surface area contributed by atoms with E-state index in [2.05, 4.69) is 5.32 Å². The van der Waals surface area contributed by atoms with Gasteiger partial charge in [-0.2, -0.15) is 4.31 Å². The maximum absolute atomic E-state index is 12.6. The molecule has 7 nitrogen and oxygen atoms in total. The Kier molecular flexibility index (Phi) is 6.66. The van der Waals surface area contributed by atoms with Crippen molar-refractivity contribution in [1.82, 2.24) is 9.62 Å². The summed E-state index contributed by atoms with van der Waals surface area (Å²) in [7, 11) is -1.96. The Bertz CT molecular complexity index is 906. The van der Waals surface area contributed by atoms with Crippen LogP contribution in [0.2, 0.25) is 0 Å². The fraction of sp³-hybridized carbons (Fsp3) is 0.350. The Balaban J connectivity index is 1.57. The number of nitrogens with zero attached hydrogens (tertiary/aromatic N) is 1. The van der Waals surface area contributed by atoms with Gasteiger partial charge < -0.3 is 14.8 Å². The molecule has 0 atom stereocenters. The minimum absolute atomic E-state index is 0.205. The highest BCUT2D eigenvalue weighted by Crippen LogP contribution is 2.18. The topological polar surface area (TPSA) is 84.9 Å². The predicted octanol–water partition coefficient (Wildman–Crippen LogP) is 1.69. The molecule has 0 aromatic heterocycles. The van der Waals surface area contributed by atoms with Gasteiger partial charge in [0.15, 0.2) is 0 Å². The number of sulfonamides is 1. The summed E-state index contributed by atoms with van der Waals surface area (Å²) >= 11 is 0. The lowest BCUT2D eigenvalue weighted by molar-refractivity contribution is 0.0730. The summed E-state index contributed by atoms with van der Waals surface area (Å²) in [5, 5.41) is 2.86. The zero-order valence-corrected chi connectivity index (χ0v) is 16.6. The molecule has 0 saturated carbocycles. The number of hydrogen-bond acceptors (Lipinski definition) is 5. The van der Waals surface area contributed by atoms with Crippen molar-refractivity contribution < 1.29 is 22.7 Å². The van der Waals surface area contributed by atoms with E-state index in [4.69, 9.17) is 9.47 Å². The van der Waals surface area contributed by atoms with E-state index in [9.17, 15) is 13.2 Å². The molecule has 0 unspecified atom stereocenters. The third kappa shape index (κ3) is 4.70. The number of rotatable bonds is 7. The first-order chi connectivity index (χ1) is 13.5. The number of hydrogen-bond donors (Lipinski definition) is 1. The van der Waals surface area contributed by atoms with Gasteiger partial charge in [-0.25, -0.2) is 8.42 Å². The summed E-state index contributed by atoms with van der Waals surface area (Å²) in [6, 6.07) is 13.8. The fourth-order valence-electron chi connectivity index (χ4n) is 3.01. The average Bonchev–Trinajstić information content (AvgIpc) is 2.74. The maximum atomic E-state index is 12.6. The second kappa shape index (κ2) is 9.18. The standard InChI is InChI=1S/C20H24N2O5S/c1-26-19-5-3-2-4-18(19)20(23)21-11-10-16-6-8-17(9-7-16)28(24,25)22-12-14-27-15-13-22/h2-9H,10-15H2,1H3,(H,21,23). The minimum atomic E-state index is -3.49. The molecule has 28 heavy (non-hydrogen) atoms. The molecule has 0 radical (unpaired) electrons. The van der Waals surface area contributed by atoms with E-state index in [-0.39, 0.29) is 10.8 Å². The van der Waals surface area contributed by atoms with Gasteiger partial charge in [-0.1, -0.05) is 24.3 Å². The lowest BCUT2D eigenvalue weighted by Gasteiger charge is -2.26. The van der Waals surface area contributed by atoms with Crippen LogP contribution in [0.5, 0.6) is 5.75 Å². The average molecular weight is 404 g/mol. The zero-order valence-electron chi connectivity index (χ0n) is 15.8. The SMILES string of the molecule is COc1ccccc1C(=O)NCCc1ccc(S(=O)(=O)N2CCOCC2)cc1. The number of methoxy groups -OCH3 is 1. The van der Waals surface area contributed by atoms with Crippen molar-refractivity contribution in [2.75, 3.05) is 40.0 Å². The minimum Gasteiger partial charge on any atom is -0.496 e. The van der Waals surface area contributed by atoms with Crippen LogP contribution >= 0.6 is 0 Å². The Hall–Kier alpha value is -2.42. The van der Waals surface area contributed by atoms with Crippen molar-refractivity contribution in [2.45, 2.75) is 11.3 Å². The summed E-state index contributed by atoms with van der Waals surface area (Å²) in [5.74, 6) is 0.321. The number of para-hydroxylation sites is 1. The fourth-order valence-corrected chi connectivity index (χ4v) is 4.42. The van der Waals surface area contributed by atoms with E-state index < -0.39 is 10.0 Å². The largest absolute Gasteiger partial charge is 0.496 e. The van der Waals surface area contributed by atoms with E-state index >= 15 is 0 Å². The quantitative estimate of drug-likeness (QED) is 0.759. The van der Waals surface area contributed by atoms with E-state index in [0.29, 0.717) is 50.6 Å². The summed E-state index contributed by atoms with van der Waals surface area (Å²) < 4.78 is 37.1. The molecule has 1 N–H and O–H groups in total. The van der Waals surface area contributed by atoms with Crippen molar-refractivity contribution in [2.24, 2.45) is 0 Å². The Morgan fingerprint density at radius 3 is 2.46 bits per heavy atom. The Morgan fingerprint density at radius 2 is 1.79 bits per heavy atom. The monoisotopic (exact) mass is 404 g/mol. The number of benzene rings is 2. The molecule has 150 valence electrons. The Labute approximate surface area is 165 Å². The van der Waals surface area contributed by atoms with Gasteiger partial charge in [-0.05, 0) is 36.2 Å². The van der Waals surface area contributed by atoms with Crippen molar-refractivity contribution in [3.05, 3.63) is 59.7 Å². The first-order valence-corrected chi connectivity index (χ1v) is 10.5. The smallest absolute Gasteiger partial charge is 0.255 e. The molecule has 1 amide bonds. The highest BCUT2D eigenvalue weighted by atomic mass is 32.2. The lowest BCUT2D eigenvalue weighted by Crippen LogP contribution is -2.40. The van der Waals surface area contributed by atoms with Gasteiger partial charge in [0.2, 0.25) is 10.0 Å². The predicted molar refractivity (Wildman–Crippen MR) is 105 cm³/mol. The molecule has 0 bridgehead atoms. The number of nitrogens with one attached hydrogen (secondary N) is 1. The molecule has 2 aromatic carbocycles. The molecule has 3 rings (SSSR count). The first kappa shape index (κ1) is 20.3. The van der Waals surface area contributed by atoms with E-state index in [1.165, 1.54) is 11.4 Å². The maximum Gasteiger partial charge on any atom is 0.255 e. The summed E-state index contributed by atoms with van der Waals surface area (Å²) in [6.07, 6.45) is 0.596. The number of morpholine rings is 1. The highest BCUT2D eigenvalue weighted by molar-refractivity contribution is 7.89. The molecular weight excluding hydrogens is 380 g/mol. The van der Waals surface area contributed by atoms with Crippen molar-refractivity contribution in [3.63, 3.8) is 0 Å². The van der Waals surface area contributed by atoms with Gasteiger partial charge in [0.05, 0.1) is 30.8 Å². The van der Waals surface area contributed by atoms with Crippen LogP contribution in [0.1, 0.15) is 15.9 Å². The van der Waals surface area contributed by atoms with Crippen LogP contribution in [-0.4, -0.2) is 58.6 Å². The molecule has 0 aliphatic carbocycles. The second-order valence-electron chi connectivity index (χ2n) is 6.37. The molecule has 1 fully saturated rings. The highest BCUT2D eigenvalue weighted by Gasteiger charge is 2.26. The van der Waals surface area contributed by atoms with E-state index in [1.807, 2.05) is 6.07 Å². The van der Waals surface area contributed by atoms with Crippen LogP contribution in [0.15, 0.2) is 53.4 Å². The molecule has 0 spiro atoms. The number of carbonyl (C=O) groups is 1. The lowest BCUT2D eigenvalue weighted by atomic mass is 10.1. The normalized spacial score (nSPS) is 15.2. The van der Waals surface area contributed by atoms with Gasteiger partial charge in [-0.3, -0.25) is 4.79 Å². The van der Waals surface area contributed by atoms with Crippen LogP contribution in [0.25, 0.3) is 0 Å². The van der Waals surface area contributed by atoms with E-state index in [1.54, 1.807) is 42.5 Å². The second-order valence-corrected chi connectivity index (χ2v) is 8.30. The molecule has 8 heteroatoms. The van der Waals surface area contributed by atoms with Gasteiger partial charge in [0.25, 0.3) is 5.91 Å². The van der Waals surface area contributed by atoms with Crippen LogP contribution in [0.4, 0.5) is 0 Å². The molecule has 1 heterocycles. The third-order valence-corrected chi connectivity index (χ3v) is 6.49. The zero-order chi connectivity index (χ0) is 20.0. The van der Waals surface area contributed by atoms with Crippen LogP contribution in [-0.2, 0) is 21.2 Å². The third-order valence-electron chi connectivity index (χ3n) is 4.58. The number of ether oxygens (including phenoxy) is 2. The number of amides is 1. The molecule has 2 aromatic rings. The molecule has 1 aliphatic heterocycles. The van der Waals surface area contributed by atoms with Gasteiger partial charge >= 0.3 is 0 Å². The van der Waals surface area contributed by atoms with Gasteiger partial charge in [0.1, 0.15) is 5.75 Å². The summed E-state index contributed by atoms with van der Waals surface area (Å²) in [4.78, 5) is 12.6. The van der Waals surface area contributed by atoms with Crippen molar-refractivity contribution >= 4 is 15.9 Å².